The Bertz CT molecular complexity index is 783. The molecular formula is C23H32N2O2. The average molecular weight is 369 g/mol. The van der Waals surface area contributed by atoms with Gasteiger partial charge in [0, 0.05) is 44.3 Å². The molecule has 2 saturated heterocycles. The first-order chi connectivity index (χ1) is 12.6. The predicted octanol–water partition coefficient (Wildman–Crippen LogP) is 3.66. The van der Waals surface area contributed by atoms with Gasteiger partial charge in [0.25, 0.3) is 0 Å². The lowest BCUT2D eigenvalue weighted by Gasteiger charge is -2.30. The van der Waals surface area contributed by atoms with Crippen LogP contribution in [0.25, 0.3) is 0 Å². The number of rotatable bonds is 2. The maximum atomic E-state index is 13.2. The molecule has 0 unspecified atom stereocenters. The first-order valence-electron chi connectivity index (χ1n) is 10.2. The quantitative estimate of drug-likeness (QED) is 0.799. The normalized spacial score (nSPS) is 31.1. The minimum absolute atomic E-state index is 0.0720. The van der Waals surface area contributed by atoms with Gasteiger partial charge in [-0.2, -0.15) is 0 Å². The number of carbonyl (C=O) groups excluding carboxylic acids is 2. The van der Waals surface area contributed by atoms with E-state index in [1.54, 1.807) is 6.92 Å². The van der Waals surface area contributed by atoms with Gasteiger partial charge in [-0.3, -0.25) is 9.59 Å². The number of amides is 2. The molecule has 3 atom stereocenters. The van der Waals surface area contributed by atoms with Crippen LogP contribution in [0.4, 0.5) is 0 Å². The molecule has 0 N–H and O–H groups in total. The van der Waals surface area contributed by atoms with Crippen LogP contribution in [0.3, 0.4) is 0 Å². The van der Waals surface area contributed by atoms with Crippen LogP contribution in [0.1, 0.15) is 51.8 Å². The fourth-order valence-corrected chi connectivity index (χ4v) is 5.86. The number of likely N-dealkylation sites (tertiary alicyclic amines) is 2. The Balaban J connectivity index is 1.59. The molecule has 146 valence electrons. The summed E-state index contributed by atoms with van der Waals surface area (Å²) in [5.41, 5.74) is 2.61. The topological polar surface area (TPSA) is 40.6 Å². The van der Waals surface area contributed by atoms with Crippen LogP contribution in [-0.2, 0) is 9.59 Å². The molecule has 2 heterocycles. The summed E-state index contributed by atoms with van der Waals surface area (Å²) in [4.78, 5) is 29.7. The smallest absolute Gasteiger partial charge is 0.226 e. The first-order valence-corrected chi connectivity index (χ1v) is 10.2. The predicted molar refractivity (Wildman–Crippen MR) is 106 cm³/mol. The van der Waals surface area contributed by atoms with Gasteiger partial charge in [0.1, 0.15) is 0 Å². The highest BCUT2D eigenvalue weighted by Gasteiger charge is 2.69. The third-order valence-electron chi connectivity index (χ3n) is 8.16. The van der Waals surface area contributed by atoms with Crippen LogP contribution in [0.5, 0.6) is 0 Å². The lowest BCUT2D eigenvalue weighted by atomic mass is 9.87. The van der Waals surface area contributed by atoms with E-state index in [1.165, 1.54) is 11.1 Å². The van der Waals surface area contributed by atoms with Crippen LogP contribution in [0.2, 0.25) is 0 Å². The van der Waals surface area contributed by atoms with Gasteiger partial charge in [-0.15, -0.1) is 0 Å². The summed E-state index contributed by atoms with van der Waals surface area (Å²) in [6, 6.07) is 8.46. The zero-order valence-corrected chi connectivity index (χ0v) is 17.5. The average Bonchev–Trinajstić information content (AvgIpc) is 2.94. The summed E-state index contributed by atoms with van der Waals surface area (Å²) >= 11 is 0. The van der Waals surface area contributed by atoms with Gasteiger partial charge in [-0.05, 0) is 28.9 Å². The third-order valence-corrected chi connectivity index (χ3v) is 8.16. The summed E-state index contributed by atoms with van der Waals surface area (Å²) in [6.07, 6.45) is 0. The van der Waals surface area contributed by atoms with Crippen LogP contribution in [-0.4, -0.2) is 41.2 Å². The van der Waals surface area contributed by atoms with Crippen molar-refractivity contribution in [2.45, 2.75) is 47.6 Å². The summed E-state index contributed by atoms with van der Waals surface area (Å²) < 4.78 is 0. The minimum Gasteiger partial charge on any atom is -0.342 e. The van der Waals surface area contributed by atoms with Crippen LogP contribution < -0.4 is 0 Å². The Morgan fingerprint density at radius 1 is 1.00 bits per heavy atom. The van der Waals surface area contributed by atoms with E-state index in [0.29, 0.717) is 17.7 Å². The van der Waals surface area contributed by atoms with Gasteiger partial charge in [-0.1, -0.05) is 52.0 Å². The molecule has 0 radical (unpaired) electrons. The van der Waals surface area contributed by atoms with Gasteiger partial charge < -0.3 is 9.80 Å². The highest BCUT2D eigenvalue weighted by molar-refractivity contribution is 5.84. The Labute approximate surface area is 162 Å². The molecule has 0 bridgehead atoms. The van der Waals surface area contributed by atoms with Crippen molar-refractivity contribution in [3.63, 3.8) is 0 Å². The number of aryl methyl sites for hydroxylation is 1. The van der Waals surface area contributed by atoms with E-state index in [1.807, 2.05) is 11.0 Å². The molecule has 27 heavy (non-hydrogen) atoms. The van der Waals surface area contributed by atoms with Gasteiger partial charge in [0.2, 0.25) is 11.8 Å². The van der Waals surface area contributed by atoms with Gasteiger partial charge >= 0.3 is 0 Å². The van der Waals surface area contributed by atoms with E-state index >= 15 is 0 Å². The molecule has 2 amide bonds. The fourth-order valence-electron chi connectivity index (χ4n) is 5.86. The van der Waals surface area contributed by atoms with E-state index in [4.69, 9.17) is 0 Å². The molecular weight excluding hydrogens is 336 g/mol. The van der Waals surface area contributed by atoms with E-state index in [-0.39, 0.29) is 28.7 Å². The Morgan fingerprint density at radius 3 is 2.19 bits per heavy atom. The van der Waals surface area contributed by atoms with Crippen molar-refractivity contribution in [2.24, 2.45) is 28.6 Å². The van der Waals surface area contributed by atoms with Crippen LogP contribution >= 0.6 is 0 Å². The third kappa shape index (κ3) is 2.55. The number of carbonyl (C=O) groups is 2. The largest absolute Gasteiger partial charge is 0.342 e. The molecule has 0 spiro atoms. The summed E-state index contributed by atoms with van der Waals surface area (Å²) in [6.45, 7) is 15.0. The monoisotopic (exact) mass is 368 g/mol. The van der Waals surface area contributed by atoms with Gasteiger partial charge in [0.15, 0.2) is 0 Å². The van der Waals surface area contributed by atoms with Crippen molar-refractivity contribution in [3.8, 4) is 0 Å². The Morgan fingerprint density at radius 2 is 1.63 bits per heavy atom. The minimum atomic E-state index is 0.0720. The molecule has 3 fully saturated rings. The number of benzene rings is 1. The van der Waals surface area contributed by atoms with E-state index in [9.17, 15) is 9.59 Å². The molecule has 4 nitrogen and oxygen atoms in total. The second-order valence-corrected chi connectivity index (χ2v) is 10.0. The lowest BCUT2D eigenvalue weighted by molar-refractivity contribution is -0.133. The Kier molecular flexibility index (Phi) is 4.00. The number of nitrogens with zero attached hydrogens (tertiary/aromatic N) is 2. The van der Waals surface area contributed by atoms with Crippen molar-refractivity contribution < 1.29 is 9.59 Å². The Hall–Kier alpha value is -1.84. The fraction of sp³-hybridized carbons (Fsp3) is 0.652. The number of hydrogen-bond donors (Lipinski definition) is 0. The number of hydrogen-bond acceptors (Lipinski definition) is 2. The van der Waals surface area contributed by atoms with E-state index < -0.39 is 0 Å². The van der Waals surface area contributed by atoms with Crippen molar-refractivity contribution in [2.75, 3.05) is 19.6 Å². The van der Waals surface area contributed by atoms with Gasteiger partial charge in [-0.25, -0.2) is 0 Å². The van der Waals surface area contributed by atoms with Crippen molar-refractivity contribution >= 4 is 11.8 Å². The lowest BCUT2D eigenvalue weighted by Crippen LogP contribution is -2.38. The molecule has 1 aromatic rings. The van der Waals surface area contributed by atoms with Crippen LogP contribution in [0.15, 0.2) is 24.3 Å². The second kappa shape index (κ2) is 5.83. The molecule has 4 heteroatoms. The SMILES string of the molecule is CC(=O)N1C[C@H]2CN(C(=O)C3C(C)(C)C3(C)C)C[C@H]2[C@H]1c1ccccc1C. The second-order valence-electron chi connectivity index (χ2n) is 10.0. The van der Waals surface area contributed by atoms with Crippen LogP contribution in [0, 0.1) is 35.5 Å². The maximum Gasteiger partial charge on any atom is 0.226 e. The molecule has 2 aliphatic heterocycles. The first kappa shape index (κ1) is 18.5. The van der Waals surface area contributed by atoms with E-state index in [2.05, 4.69) is 57.7 Å². The molecule has 0 aromatic heterocycles. The van der Waals surface area contributed by atoms with Crippen molar-refractivity contribution in [1.29, 1.82) is 0 Å². The standard InChI is InChI=1S/C23H32N2O2/c1-14-9-7-8-10-17(14)19-18-13-24(11-16(18)12-25(19)15(2)26)21(27)20-22(3,4)23(20,5)6/h7-10,16,18-20H,11-13H2,1-6H3/t16-,18-,19-/m1/s1. The van der Waals surface area contributed by atoms with E-state index in [0.717, 1.165) is 19.6 Å². The maximum absolute atomic E-state index is 13.2. The van der Waals surface area contributed by atoms with Crippen molar-refractivity contribution in [3.05, 3.63) is 35.4 Å². The highest BCUT2D eigenvalue weighted by atomic mass is 16.2. The van der Waals surface area contributed by atoms with Crippen molar-refractivity contribution in [1.82, 2.24) is 9.80 Å². The molecule has 4 rings (SSSR count). The molecule has 3 aliphatic rings. The molecule has 1 aliphatic carbocycles. The molecule has 1 saturated carbocycles. The summed E-state index contributed by atoms with van der Waals surface area (Å²) in [7, 11) is 0. The molecule has 1 aromatic carbocycles. The highest BCUT2D eigenvalue weighted by Crippen LogP contribution is 2.69. The zero-order valence-electron chi connectivity index (χ0n) is 17.5. The summed E-state index contributed by atoms with van der Waals surface area (Å²) in [5.74, 6) is 1.29. The number of fused-ring (bicyclic) bond motifs is 1. The zero-order chi connectivity index (χ0) is 19.7. The van der Waals surface area contributed by atoms with Gasteiger partial charge in [0.05, 0.1) is 6.04 Å². The summed E-state index contributed by atoms with van der Waals surface area (Å²) in [5, 5.41) is 0.